The van der Waals surface area contributed by atoms with Gasteiger partial charge in [0.2, 0.25) is 0 Å². The van der Waals surface area contributed by atoms with Crippen LogP contribution in [0.15, 0.2) is 36.7 Å². The van der Waals surface area contributed by atoms with Crippen molar-refractivity contribution in [2.45, 2.75) is 32.4 Å². The van der Waals surface area contributed by atoms with E-state index in [-0.39, 0.29) is 12.1 Å². The molecule has 2 aliphatic heterocycles. The van der Waals surface area contributed by atoms with Gasteiger partial charge in [-0.15, -0.1) is 0 Å². The van der Waals surface area contributed by atoms with Gasteiger partial charge >= 0.3 is 6.03 Å². The van der Waals surface area contributed by atoms with E-state index in [9.17, 15) is 4.79 Å². The Morgan fingerprint density at radius 1 is 1.24 bits per heavy atom. The topological polar surface area (TPSA) is 48.5 Å². The number of anilines is 2. The maximum Gasteiger partial charge on any atom is 0.329 e. The van der Waals surface area contributed by atoms with E-state index in [1.807, 2.05) is 42.3 Å². The molecule has 2 amide bonds. The first kappa shape index (κ1) is 16.4. The lowest BCUT2D eigenvalue weighted by atomic mass is 10.0. The minimum atomic E-state index is 0.00167. The third-order valence-corrected chi connectivity index (χ3v) is 5.34. The number of aryl methyl sites for hydroxylation is 1. The highest BCUT2D eigenvalue weighted by atomic mass is 35.5. The van der Waals surface area contributed by atoms with Crippen molar-refractivity contribution in [2.24, 2.45) is 0 Å². The molecule has 0 unspecified atom stereocenters. The third kappa shape index (κ3) is 2.87. The first-order chi connectivity index (χ1) is 12.2. The lowest BCUT2D eigenvalue weighted by Gasteiger charge is -2.42. The number of amides is 2. The third-order valence-electron chi connectivity index (χ3n) is 5.04. The summed E-state index contributed by atoms with van der Waals surface area (Å²) in [6.07, 6.45) is 5.51. The Morgan fingerprint density at radius 2 is 2.04 bits per heavy atom. The average molecular weight is 357 g/mol. The van der Waals surface area contributed by atoms with E-state index >= 15 is 0 Å². The van der Waals surface area contributed by atoms with E-state index in [4.69, 9.17) is 11.6 Å². The van der Waals surface area contributed by atoms with Crippen molar-refractivity contribution in [3.05, 3.63) is 52.8 Å². The molecule has 1 aromatic heterocycles. The van der Waals surface area contributed by atoms with Gasteiger partial charge in [-0.05, 0) is 50.6 Å². The van der Waals surface area contributed by atoms with Crippen molar-refractivity contribution in [3.8, 4) is 0 Å². The molecule has 2 aromatic rings. The Balaban J connectivity index is 1.80. The first-order valence-corrected chi connectivity index (χ1v) is 9.04. The Hall–Kier alpha value is -2.11. The van der Waals surface area contributed by atoms with Crippen LogP contribution in [0, 0.1) is 6.92 Å². The Morgan fingerprint density at radius 3 is 2.80 bits per heavy atom. The maximum atomic E-state index is 13.4. The molecule has 25 heavy (non-hydrogen) atoms. The highest BCUT2D eigenvalue weighted by molar-refractivity contribution is 6.34. The summed E-state index contributed by atoms with van der Waals surface area (Å²) >= 11 is 6.45. The number of para-hydroxylation sites is 1. The van der Waals surface area contributed by atoms with Gasteiger partial charge in [0.1, 0.15) is 0 Å². The minimum Gasteiger partial charge on any atom is -0.317 e. The second kappa shape index (κ2) is 6.65. The summed E-state index contributed by atoms with van der Waals surface area (Å²) in [5.41, 5.74) is 3.83. The zero-order valence-electron chi connectivity index (χ0n) is 14.2. The number of urea groups is 1. The number of carbonyl (C=O) groups excluding carboxylic acids is 1. The lowest BCUT2D eigenvalue weighted by Crippen LogP contribution is -2.54. The van der Waals surface area contributed by atoms with Gasteiger partial charge in [-0.1, -0.05) is 23.7 Å². The second-order valence-electron chi connectivity index (χ2n) is 6.63. The SMILES string of the molecule is Cc1cccc(Cl)c1N1Cc2cnccc2N(C2CCNCC2)C1=O. The van der Waals surface area contributed by atoms with E-state index in [2.05, 4.69) is 10.3 Å². The highest BCUT2D eigenvalue weighted by Gasteiger charge is 2.37. The van der Waals surface area contributed by atoms with Gasteiger partial charge in [-0.2, -0.15) is 0 Å². The zero-order valence-corrected chi connectivity index (χ0v) is 15.0. The summed E-state index contributed by atoms with van der Waals surface area (Å²) < 4.78 is 0. The predicted octanol–water partition coefficient (Wildman–Crippen LogP) is 3.74. The van der Waals surface area contributed by atoms with Crippen LogP contribution in [-0.4, -0.2) is 30.1 Å². The van der Waals surface area contributed by atoms with E-state index in [0.717, 1.165) is 48.4 Å². The summed E-state index contributed by atoms with van der Waals surface area (Å²) in [6, 6.07) is 7.89. The van der Waals surface area contributed by atoms with E-state index < -0.39 is 0 Å². The van der Waals surface area contributed by atoms with Crippen molar-refractivity contribution in [2.75, 3.05) is 22.9 Å². The fraction of sp³-hybridized carbons (Fsp3) is 0.368. The first-order valence-electron chi connectivity index (χ1n) is 8.66. The monoisotopic (exact) mass is 356 g/mol. The number of carbonyl (C=O) groups is 1. The van der Waals surface area contributed by atoms with Crippen molar-refractivity contribution in [1.29, 1.82) is 0 Å². The van der Waals surface area contributed by atoms with Crippen molar-refractivity contribution in [1.82, 2.24) is 10.3 Å². The fourth-order valence-electron chi connectivity index (χ4n) is 3.81. The predicted molar refractivity (Wildman–Crippen MR) is 100 cm³/mol. The molecule has 1 fully saturated rings. The van der Waals surface area contributed by atoms with Crippen LogP contribution in [0.5, 0.6) is 0 Å². The Labute approximate surface area is 152 Å². The number of hydrogen-bond acceptors (Lipinski definition) is 3. The van der Waals surface area contributed by atoms with E-state index in [0.29, 0.717) is 11.6 Å². The van der Waals surface area contributed by atoms with Gasteiger partial charge in [0.25, 0.3) is 0 Å². The molecule has 0 bridgehead atoms. The number of piperidine rings is 1. The van der Waals surface area contributed by atoms with Crippen molar-refractivity contribution in [3.63, 3.8) is 0 Å². The summed E-state index contributed by atoms with van der Waals surface area (Å²) in [5, 5.41) is 3.97. The molecule has 0 atom stereocenters. The number of hydrogen-bond donors (Lipinski definition) is 1. The minimum absolute atomic E-state index is 0.00167. The maximum absolute atomic E-state index is 13.4. The Kier molecular flexibility index (Phi) is 4.36. The van der Waals surface area contributed by atoms with Crippen molar-refractivity contribution < 1.29 is 4.79 Å². The number of aromatic nitrogens is 1. The van der Waals surface area contributed by atoms with Gasteiger partial charge in [0, 0.05) is 24.0 Å². The largest absolute Gasteiger partial charge is 0.329 e. The number of rotatable bonds is 2. The molecular weight excluding hydrogens is 336 g/mol. The van der Waals surface area contributed by atoms with Crippen LogP contribution in [0.1, 0.15) is 24.0 Å². The second-order valence-corrected chi connectivity index (χ2v) is 7.04. The van der Waals surface area contributed by atoms with Crippen molar-refractivity contribution >= 4 is 29.0 Å². The number of nitrogens with one attached hydrogen (secondary N) is 1. The number of fused-ring (bicyclic) bond motifs is 1. The van der Waals surface area contributed by atoms with Crippen LogP contribution in [0.3, 0.4) is 0 Å². The summed E-state index contributed by atoms with van der Waals surface area (Å²) in [5.74, 6) is 0. The molecule has 6 heteroatoms. The molecule has 4 rings (SSSR count). The molecule has 1 aromatic carbocycles. The van der Waals surface area contributed by atoms with Gasteiger partial charge in [0.05, 0.1) is 22.9 Å². The summed E-state index contributed by atoms with van der Waals surface area (Å²) in [4.78, 5) is 21.5. The molecule has 3 heterocycles. The molecule has 0 saturated carbocycles. The van der Waals surface area contributed by atoms with Crippen LogP contribution in [0.4, 0.5) is 16.2 Å². The molecule has 0 spiro atoms. The van der Waals surface area contributed by atoms with Crippen LogP contribution in [0.2, 0.25) is 5.02 Å². The van der Waals surface area contributed by atoms with Gasteiger partial charge < -0.3 is 5.32 Å². The van der Waals surface area contributed by atoms with Gasteiger partial charge in [0.15, 0.2) is 0 Å². The smallest absolute Gasteiger partial charge is 0.317 e. The van der Waals surface area contributed by atoms with Crippen LogP contribution in [0.25, 0.3) is 0 Å². The number of nitrogens with zero attached hydrogens (tertiary/aromatic N) is 3. The molecule has 2 aliphatic rings. The quantitative estimate of drug-likeness (QED) is 0.891. The molecule has 1 N–H and O–H groups in total. The Bertz CT molecular complexity index is 784. The highest BCUT2D eigenvalue weighted by Crippen LogP contribution is 2.38. The molecule has 1 saturated heterocycles. The van der Waals surface area contributed by atoms with Crippen LogP contribution >= 0.6 is 11.6 Å². The molecular formula is C19H21ClN4O. The number of halogens is 1. The lowest BCUT2D eigenvalue weighted by molar-refractivity contribution is 0.245. The standard InChI is InChI=1S/C19H21ClN4O/c1-13-3-2-4-16(20)18(13)23-12-14-11-22-10-7-17(14)24(19(23)25)15-5-8-21-9-6-15/h2-4,7,10-11,15,21H,5-6,8-9,12H2,1H3. The van der Waals surface area contributed by atoms with Crippen LogP contribution in [-0.2, 0) is 6.54 Å². The fourth-order valence-corrected chi connectivity index (χ4v) is 4.13. The molecule has 0 radical (unpaired) electrons. The van der Waals surface area contributed by atoms with E-state index in [1.54, 1.807) is 11.1 Å². The van der Waals surface area contributed by atoms with Gasteiger partial charge in [-0.3, -0.25) is 14.8 Å². The number of pyridine rings is 1. The van der Waals surface area contributed by atoms with E-state index in [1.165, 1.54) is 0 Å². The van der Waals surface area contributed by atoms with Gasteiger partial charge in [-0.25, -0.2) is 4.79 Å². The van der Waals surface area contributed by atoms with Crippen LogP contribution < -0.4 is 15.1 Å². The molecule has 0 aliphatic carbocycles. The number of benzene rings is 1. The zero-order chi connectivity index (χ0) is 17.4. The summed E-state index contributed by atoms with van der Waals surface area (Å²) in [6.45, 7) is 4.34. The normalized spacial score (nSPS) is 18.4. The summed E-state index contributed by atoms with van der Waals surface area (Å²) in [7, 11) is 0. The molecule has 130 valence electrons. The average Bonchev–Trinajstić information content (AvgIpc) is 2.63. The molecule has 5 nitrogen and oxygen atoms in total.